The van der Waals surface area contributed by atoms with E-state index in [4.69, 9.17) is 9.72 Å². The number of nitrogens with zero attached hydrogens (tertiary/aromatic N) is 3. The first kappa shape index (κ1) is 30.4. The van der Waals surface area contributed by atoms with Crippen LogP contribution in [0.25, 0.3) is 6.08 Å². The number of aromatic nitrogens is 1. The number of aliphatic hydroxyl groups is 1. The van der Waals surface area contributed by atoms with Crippen LogP contribution in [-0.4, -0.2) is 53.2 Å². The number of ether oxygens (including phenoxy) is 1. The van der Waals surface area contributed by atoms with Crippen LogP contribution in [0.1, 0.15) is 67.1 Å². The summed E-state index contributed by atoms with van der Waals surface area (Å²) in [6.07, 6.45) is -0.246. The molecule has 2 aromatic carbocycles. The molecule has 2 aliphatic rings. The monoisotopic (exact) mass is 594 g/mol. The summed E-state index contributed by atoms with van der Waals surface area (Å²) in [5.74, 6) is 0.0262. The van der Waals surface area contributed by atoms with E-state index in [1.54, 1.807) is 11.8 Å². The fourth-order valence-electron chi connectivity index (χ4n) is 5.92. The van der Waals surface area contributed by atoms with Crippen LogP contribution in [0.4, 0.5) is 24.7 Å². The molecular weight excluding hydrogens is 557 g/mol. The lowest BCUT2D eigenvalue weighted by Crippen LogP contribution is -2.49. The number of likely N-dealkylation sites (N-methyl/N-ethyl adjacent to an activating group) is 1. The van der Waals surface area contributed by atoms with Gasteiger partial charge < -0.3 is 25.0 Å². The van der Waals surface area contributed by atoms with Crippen molar-refractivity contribution in [2.75, 3.05) is 36.9 Å². The van der Waals surface area contributed by atoms with Crippen molar-refractivity contribution in [2.45, 2.75) is 58.3 Å². The molecule has 0 aliphatic carbocycles. The second kappa shape index (κ2) is 12.3. The SMILES string of the molecule is CC(=O)N1CCC(O)(C2=Cc3c(N[C@H](C)c4cccc(C(F)F)c4F)nc(C)c(OCc4ccccc4)c3N(C)C2)CC1. The minimum Gasteiger partial charge on any atom is -0.485 e. The number of hydrogen-bond acceptors (Lipinski definition) is 6. The van der Waals surface area contributed by atoms with Gasteiger partial charge in [0.05, 0.1) is 28.6 Å². The molecule has 3 heterocycles. The number of pyridine rings is 1. The Kier molecular flexibility index (Phi) is 8.69. The van der Waals surface area contributed by atoms with E-state index in [-0.39, 0.29) is 11.5 Å². The van der Waals surface area contributed by atoms with Crippen LogP contribution in [0.5, 0.6) is 5.75 Å². The smallest absolute Gasteiger partial charge is 0.266 e. The molecule has 228 valence electrons. The summed E-state index contributed by atoms with van der Waals surface area (Å²) in [6, 6.07) is 13.0. The molecule has 2 N–H and O–H groups in total. The van der Waals surface area contributed by atoms with Crippen LogP contribution >= 0.6 is 0 Å². The van der Waals surface area contributed by atoms with Crippen LogP contribution in [-0.2, 0) is 11.4 Å². The molecule has 5 rings (SSSR count). The molecule has 1 atom stereocenters. The molecule has 43 heavy (non-hydrogen) atoms. The second-order valence-electron chi connectivity index (χ2n) is 11.4. The lowest BCUT2D eigenvalue weighted by Gasteiger charge is -2.42. The number of hydrogen-bond donors (Lipinski definition) is 2. The summed E-state index contributed by atoms with van der Waals surface area (Å²) in [5, 5.41) is 15.0. The number of likely N-dealkylation sites (tertiary alicyclic amines) is 1. The Morgan fingerprint density at radius 2 is 1.79 bits per heavy atom. The molecule has 10 heteroatoms. The van der Waals surface area contributed by atoms with Gasteiger partial charge in [0, 0.05) is 44.7 Å². The molecule has 1 saturated heterocycles. The maximum absolute atomic E-state index is 15.1. The number of rotatable bonds is 8. The van der Waals surface area contributed by atoms with Crippen molar-refractivity contribution in [1.82, 2.24) is 9.88 Å². The Balaban J connectivity index is 1.56. The predicted octanol–water partition coefficient (Wildman–Crippen LogP) is 6.43. The summed E-state index contributed by atoms with van der Waals surface area (Å²) in [7, 11) is 1.91. The number of alkyl halides is 2. The topological polar surface area (TPSA) is 77.9 Å². The van der Waals surface area contributed by atoms with E-state index >= 15 is 4.39 Å². The highest BCUT2D eigenvalue weighted by Crippen LogP contribution is 2.46. The van der Waals surface area contributed by atoms with Gasteiger partial charge in [-0.15, -0.1) is 0 Å². The van der Waals surface area contributed by atoms with Crippen LogP contribution in [0.3, 0.4) is 0 Å². The highest BCUT2D eigenvalue weighted by Gasteiger charge is 2.39. The average Bonchev–Trinajstić information content (AvgIpc) is 2.97. The second-order valence-corrected chi connectivity index (χ2v) is 11.4. The number of nitrogens with one attached hydrogen (secondary N) is 1. The van der Waals surface area contributed by atoms with Crippen molar-refractivity contribution in [1.29, 1.82) is 0 Å². The zero-order chi connectivity index (χ0) is 30.9. The normalized spacial score (nSPS) is 16.9. The van der Waals surface area contributed by atoms with Gasteiger partial charge in [0.25, 0.3) is 6.43 Å². The van der Waals surface area contributed by atoms with Crippen molar-refractivity contribution in [3.63, 3.8) is 0 Å². The molecule has 1 aromatic heterocycles. The number of benzene rings is 2. The molecular formula is C33H37F3N4O3. The third kappa shape index (κ3) is 6.20. The van der Waals surface area contributed by atoms with Gasteiger partial charge in [-0.2, -0.15) is 0 Å². The fourth-order valence-corrected chi connectivity index (χ4v) is 5.92. The first-order valence-electron chi connectivity index (χ1n) is 14.4. The summed E-state index contributed by atoms with van der Waals surface area (Å²) in [5.41, 5.74) is 2.08. The van der Waals surface area contributed by atoms with E-state index in [1.165, 1.54) is 19.1 Å². The minimum atomic E-state index is -2.93. The Hall–Kier alpha value is -4.05. The maximum Gasteiger partial charge on any atom is 0.266 e. The van der Waals surface area contributed by atoms with Gasteiger partial charge in [-0.25, -0.2) is 18.2 Å². The standard InChI is InChI=1S/C33H37F3N4O3/c1-20(25-11-8-12-26(28(25)34)31(35)36)37-32-27-17-24(33(42)13-15-40(16-14-33)22(3)41)18-39(4)29(27)30(21(2)38-32)43-19-23-9-6-5-7-10-23/h5-12,17,20,31,42H,13-16,18-19H2,1-4H3,(H,37,38)/t20-/m1/s1. The number of amides is 1. The first-order chi connectivity index (χ1) is 20.5. The molecule has 0 bridgehead atoms. The lowest BCUT2D eigenvalue weighted by atomic mass is 9.81. The van der Waals surface area contributed by atoms with Crippen LogP contribution in [0.15, 0.2) is 54.1 Å². The molecule has 3 aromatic rings. The molecule has 2 aliphatic heterocycles. The van der Waals surface area contributed by atoms with E-state index in [9.17, 15) is 18.7 Å². The average molecular weight is 595 g/mol. The third-order valence-electron chi connectivity index (χ3n) is 8.41. The number of halogens is 3. The van der Waals surface area contributed by atoms with E-state index in [1.807, 2.05) is 55.3 Å². The maximum atomic E-state index is 15.1. The number of anilines is 2. The van der Waals surface area contributed by atoms with Crippen LogP contribution in [0, 0.1) is 12.7 Å². The van der Waals surface area contributed by atoms with Crippen LogP contribution in [0.2, 0.25) is 0 Å². The summed E-state index contributed by atoms with van der Waals surface area (Å²) < 4.78 is 48.3. The zero-order valence-electron chi connectivity index (χ0n) is 24.8. The van der Waals surface area contributed by atoms with Gasteiger partial charge in [-0.05, 0) is 43.9 Å². The quantitative estimate of drug-likeness (QED) is 0.313. The Morgan fingerprint density at radius 1 is 1.12 bits per heavy atom. The van der Waals surface area contributed by atoms with Crippen molar-refractivity contribution in [3.8, 4) is 5.75 Å². The van der Waals surface area contributed by atoms with Crippen molar-refractivity contribution < 1.29 is 27.8 Å². The van der Waals surface area contributed by atoms with E-state index in [2.05, 4.69) is 5.32 Å². The van der Waals surface area contributed by atoms with Crippen molar-refractivity contribution in [2.24, 2.45) is 0 Å². The third-order valence-corrected chi connectivity index (χ3v) is 8.41. The first-order valence-corrected chi connectivity index (χ1v) is 14.4. The lowest BCUT2D eigenvalue weighted by molar-refractivity contribution is -0.132. The Morgan fingerprint density at radius 3 is 2.44 bits per heavy atom. The largest absolute Gasteiger partial charge is 0.485 e. The van der Waals surface area contributed by atoms with E-state index in [0.717, 1.165) is 22.9 Å². The van der Waals surface area contributed by atoms with Crippen LogP contribution < -0.4 is 15.0 Å². The minimum absolute atomic E-state index is 0.0226. The predicted molar refractivity (Wildman–Crippen MR) is 161 cm³/mol. The highest BCUT2D eigenvalue weighted by atomic mass is 19.3. The Bertz CT molecular complexity index is 1520. The highest BCUT2D eigenvalue weighted by molar-refractivity contribution is 5.86. The van der Waals surface area contributed by atoms with E-state index in [0.29, 0.717) is 61.9 Å². The summed E-state index contributed by atoms with van der Waals surface area (Å²) in [6.45, 7) is 6.68. The Labute approximate surface area is 250 Å². The summed E-state index contributed by atoms with van der Waals surface area (Å²) in [4.78, 5) is 20.4. The van der Waals surface area contributed by atoms with Crippen molar-refractivity contribution >= 4 is 23.5 Å². The number of aryl methyl sites for hydroxylation is 1. The van der Waals surface area contributed by atoms with Gasteiger partial charge in [-0.1, -0.05) is 48.5 Å². The molecule has 0 radical (unpaired) electrons. The molecule has 7 nitrogen and oxygen atoms in total. The number of carbonyl (C=O) groups is 1. The summed E-state index contributed by atoms with van der Waals surface area (Å²) >= 11 is 0. The van der Waals surface area contributed by atoms with Gasteiger partial charge in [0.2, 0.25) is 5.91 Å². The molecule has 0 unspecified atom stereocenters. The van der Waals surface area contributed by atoms with Gasteiger partial charge >= 0.3 is 0 Å². The molecule has 1 amide bonds. The molecule has 0 saturated carbocycles. The number of fused-ring (bicyclic) bond motifs is 1. The van der Waals surface area contributed by atoms with E-state index < -0.39 is 29.4 Å². The molecule has 0 spiro atoms. The van der Waals surface area contributed by atoms with Gasteiger partial charge in [-0.3, -0.25) is 4.79 Å². The van der Waals surface area contributed by atoms with Gasteiger partial charge in [0.15, 0.2) is 5.75 Å². The molecule has 1 fully saturated rings. The zero-order valence-corrected chi connectivity index (χ0v) is 24.8. The fraction of sp³-hybridized carbons (Fsp3) is 0.394. The number of carbonyl (C=O) groups excluding carboxylic acids is 1. The van der Waals surface area contributed by atoms with Gasteiger partial charge in [0.1, 0.15) is 18.2 Å². The van der Waals surface area contributed by atoms with Crippen molar-refractivity contribution in [3.05, 3.63) is 87.9 Å². The number of piperidine rings is 1.